The molecule has 0 aromatic heterocycles. The molecule has 0 bridgehead atoms. The summed E-state index contributed by atoms with van der Waals surface area (Å²) in [6.45, 7) is 6.78. The Morgan fingerprint density at radius 3 is 2.49 bits per heavy atom. The van der Waals surface area contributed by atoms with Crippen LogP contribution in [0.25, 0.3) is 0 Å². The Morgan fingerprint density at radius 2 is 1.81 bits per heavy atom. The van der Waals surface area contributed by atoms with Crippen molar-refractivity contribution in [2.75, 3.05) is 36.1 Å². The Bertz CT molecular complexity index is 1670. The molecule has 12 heteroatoms. The zero-order valence-corrected chi connectivity index (χ0v) is 28.5. The minimum atomic E-state index is -3.03. The Labute approximate surface area is 280 Å². The van der Waals surface area contributed by atoms with Gasteiger partial charge in [0.15, 0.2) is 13.9 Å². The summed E-state index contributed by atoms with van der Waals surface area (Å²) in [5, 5.41) is 10.2. The number of anilines is 2. The molecule has 3 heterocycles. The standard InChI is InChI=1S/C35H40ClN3O7Si/c1-23-32(47(2,3)44)30(20-31(41)37(14-16-40)21-24-8-5-4-6-9-24)46-35(23)28-19-26(36)12-13-29(28)39(33(35)42)22-25-10-7-11-27(18-25)38-15-17-45-34(38)43/h4-13,18-19,23,30,32,40,44H,14-17,20-22H2,1-3H3/t23-,30+,32-,35+/m1/s1. The maximum absolute atomic E-state index is 14.8. The number of hydrogen-bond donors (Lipinski definition) is 2. The van der Waals surface area contributed by atoms with Crippen molar-refractivity contribution >= 4 is 49.2 Å². The number of hydrogen-bond acceptors (Lipinski definition) is 7. The van der Waals surface area contributed by atoms with Crippen LogP contribution in [0.15, 0.2) is 72.8 Å². The van der Waals surface area contributed by atoms with Gasteiger partial charge in [-0.3, -0.25) is 14.5 Å². The number of cyclic esters (lactones) is 1. The highest BCUT2D eigenvalue weighted by atomic mass is 35.5. The zero-order valence-electron chi connectivity index (χ0n) is 26.8. The molecular formula is C35H40ClN3O7Si. The van der Waals surface area contributed by atoms with E-state index in [0.29, 0.717) is 41.7 Å². The fourth-order valence-electron chi connectivity index (χ4n) is 7.56. The molecule has 2 saturated heterocycles. The van der Waals surface area contributed by atoms with E-state index in [1.54, 1.807) is 32.9 Å². The Kier molecular flexibility index (Phi) is 9.21. The van der Waals surface area contributed by atoms with Gasteiger partial charge in [-0.05, 0) is 54.6 Å². The molecule has 3 aromatic carbocycles. The summed E-state index contributed by atoms with van der Waals surface area (Å²) < 4.78 is 11.9. The molecule has 47 heavy (non-hydrogen) atoms. The third kappa shape index (κ3) is 6.18. The number of halogens is 1. The fourth-order valence-corrected chi connectivity index (χ4v) is 10.3. The van der Waals surface area contributed by atoms with Crippen LogP contribution in [-0.2, 0) is 37.8 Å². The van der Waals surface area contributed by atoms with Gasteiger partial charge in [0.2, 0.25) is 5.91 Å². The molecule has 3 aromatic rings. The summed E-state index contributed by atoms with van der Waals surface area (Å²) in [6, 6.07) is 22.3. The maximum Gasteiger partial charge on any atom is 0.414 e. The van der Waals surface area contributed by atoms with Crippen molar-refractivity contribution in [3.8, 4) is 0 Å². The minimum absolute atomic E-state index is 0.0578. The molecule has 0 aliphatic carbocycles. The molecule has 0 unspecified atom stereocenters. The summed E-state index contributed by atoms with van der Waals surface area (Å²) in [5.41, 5.74) is 1.74. The number of carbonyl (C=O) groups excluding carboxylic acids is 3. The van der Waals surface area contributed by atoms with Gasteiger partial charge in [-0.1, -0.05) is 61.0 Å². The van der Waals surface area contributed by atoms with E-state index in [2.05, 4.69) is 0 Å². The number of aliphatic hydroxyl groups is 1. The van der Waals surface area contributed by atoms with Crippen molar-refractivity contribution in [1.82, 2.24) is 4.90 Å². The van der Waals surface area contributed by atoms with Gasteiger partial charge in [0, 0.05) is 40.8 Å². The fraction of sp³-hybridized carbons (Fsp3) is 0.400. The van der Waals surface area contributed by atoms with Crippen LogP contribution in [0.1, 0.15) is 30.0 Å². The van der Waals surface area contributed by atoms with Crippen molar-refractivity contribution in [2.45, 2.75) is 56.8 Å². The highest BCUT2D eigenvalue weighted by Gasteiger charge is 2.66. The summed E-state index contributed by atoms with van der Waals surface area (Å²) in [5.74, 6) is -0.998. The molecule has 6 rings (SSSR count). The second-order valence-corrected chi connectivity index (χ2v) is 17.5. The number of amides is 3. The number of fused-ring (bicyclic) bond motifs is 2. The molecular weight excluding hydrogens is 638 g/mol. The SMILES string of the molecule is C[C@@H]1[C@@H]([Si](C)(C)O)[C@H](CC(=O)N(CCO)Cc2ccccc2)O[C@@]12C(=O)N(Cc1cccc(N3CCOC3=O)c1)c1ccc(Cl)cc12. The van der Waals surface area contributed by atoms with Crippen molar-refractivity contribution in [1.29, 1.82) is 0 Å². The monoisotopic (exact) mass is 677 g/mol. The predicted molar refractivity (Wildman–Crippen MR) is 181 cm³/mol. The molecule has 3 amide bonds. The lowest BCUT2D eigenvalue weighted by Gasteiger charge is -2.32. The molecule has 2 N–H and O–H groups in total. The van der Waals surface area contributed by atoms with Crippen LogP contribution in [0.2, 0.25) is 23.7 Å². The molecule has 3 aliphatic rings. The maximum atomic E-state index is 14.8. The smallest absolute Gasteiger partial charge is 0.414 e. The van der Waals surface area contributed by atoms with Gasteiger partial charge >= 0.3 is 6.09 Å². The van der Waals surface area contributed by atoms with Crippen molar-refractivity contribution in [3.05, 3.63) is 94.5 Å². The Balaban J connectivity index is 1.33. The first-order chi connectivity index (χ1) is 22.4. The normalized spacial score (nSPS) is 23.8. The summed E-state index contributed by atoms with van der Waals surface area (Å²) in [7, 11) is -3.03. The third-order valence-corrected chi connectivity index (χ3v) is 12.3. The molecule has 1 spiro atoms. The van der Waals surface area contributed by atoms with E-state index >= 15 is 0 Å². The predicted octanol–water partition coefficient (Wildman–Crippen LogP) is 5.05. The number of nitrogens with zero attached hydrogens (tertiary/aromatic N) is 3. The van der Waals surface area contributed by atoms with Gasteiger partial charge in [0.1, 0.15) is 6.61 Å². The van der Waals surface area contributed by atoms with Crippen LogP contribution in [0.3, 0.4) is 0 Å². The number of benzene rings is 3. The first-order valence-corrected chi connectivity index (χ1v) is 19.3. The second-order valence-electron chi connectivity index (χ2n) is 13.1. The quantitative estimate of drug-likeness (QED) is 0.288. The van der Waals surface area contributed by atoms with Gasteiger partial charge in [0.05, 0.1) is 37.9 Å². The first kappa shape index (κ1) is 33.2. The largest absolute Gasteiger partial charge is 0.447 e. The van der Waals surface area contributed by atoms with E-state index in [1.165, 1.54) is 0 Å². The number of ether oxygens (including phenoxy) is 2. The van der Waals surface area contributed by atoms with Gasteiger partial charge < -0.3 is 29.2 Å². The highest BCUT2D eigenvalue weighted by molar-refractivity contribution is 6.71. The Morgan fingerprint density at radius 1 is 1.06 bits per heavy atom. The van der Waals surface area contributed by atoms with E-state index in [4.69, 9.17) is 21.1 Å². The van der Waals surface area contributed by atoms with Crippen LogP contribution in [0.4, 0.5) is 16.2 Å². The van der Waals surface area contributed by atoms with Crippen molar-refractivity contribution in [2.24, 2.45) is 5.92 Å². The van der Waals surface area contributed by atoms with Crippen molar-refractivity contribution < 1.29 is 33.8 Å². The molecule has 0 saturated carbocycles. The average Bonchev–Trinajstić information content (AvgIpc) is 3.66. The Hall–Kier alpha value is -3.74. The molecule has 3 aliphatic heterocycles. The van der Waals surface area contributed by atoms with E-state index in [0.717, 1.165) is 11.1 Å². The lowest BCUT2D eigenvalue weighted by Crippen LogP contribution is -2.46. The lowest BCUT2D eigenvalue weighted by atomic mass is 9.82. The first-order valence-electron chi connectivity index (χ1n) is 15.9. The average molecular weight is 678 g/mol. The zero-order chi connectivity index (χ0) is 33.5. The number of aliphatic hydroxyl groups excluding tert-OH is 1. The van der Waals surface area contributed by atoms with Crippen LogP contribution >= 0.6 is 11.6 Å². The van der Waals surface area contributed by atoms with Gasteiger partial charge in [-0.15, -0.1) is 0 Å². The van der Waals surface area contributed by atoms with Gasteiger partial charge in [-0.2, -0.15) is 0 Å². The van der Waals surface area contributed by atoms with Crippen LogP contribution < -0.4 is 9.80 Å². The summed E-state index contributed by atoms with van der Waals surface area (Å²) >= 11 is 6.54. The van der Waals surface area contributed by atoms with Crippen LogP contribution in [-0.4, -0.2) is 73.4 Å². The molecule has 2 fully saturated rings. The van der Waals surface area contributed by atoms with Crippen LogP contribution in [0, 0.1) is 5.92 Å². The summed E-state index contributed by atoms with van der Waals surface area (Å²) in [6.07, 6.45) is -1.21. The number of carbonyl (C=O) groups is 3. The summed E-state index contributed by atoms with van der Waals surface area (Å²) in [4.78, 5) is 57.3. The van der Waals surface area contributed by atoms with E-state index in [-0.39, 0.29) is 37.9 Å². The topological polar surface area (TPSA) is 120 Å². The van der Waals surface area contributed by atoms with E-state index in [9.17, 15) is 24.3 Å². The van der Waals surface area contributed by atoms with Gasteiger partial charge in [0.25, 0.3) is 5.91 Å². The van der Waals surface area contributed by atoms with E-state index in [1.807, 2.05) is 74.6 Å². The molecule has 10 nitrogen and oxygen atoms in total. The van der Waals surface area contributed by atoms with Crippen molar-refractivity contribution in [3.63, 3.8) is 0 Å². The molecule has 248 valence electrons. The van der Waals surface area contributed by atoms with Gasteiger partial charge in [-0.25, -0.2) is 4.79 Å². The van der Waals surface area contributed by atoms with Crippen LogP contribution in [0.5, 0.6) is 0 Å². The molecule has 4 atom stereocenters. The number of rotatable bonds is 10. The highest BCUT2D eigenvalue weighted by Crippen LogP contribution is 2.60. The lowest BCUT2D eigenvalue weighted by molar-refractivity contribution is -0.150. The second kappa shape index (κ2) is 13.0. The third-order valence-electron chi connectivity index (χ3n) is 9.58. The molecule has 0 radical (unpaired) electrons. The van der Waals surface area contributed by atoms with E-state index < -0.39 is 37.6 Å². The minimum Gasteiger partial charge on any atom is -0.447 e.